The van der Waals surface area contributed by atoms with Crippen molar-refractivity contribution in [2.45, 2.75) is 6.18 Å². The summed E-state index contributed by atoms with van der Waals surface area (Å²) in [5.74, 6) is 0. The Kier molecular flexibility index (Phi) is 3.46. The van der Waals surface area contributed by atoms with E-state index in [1.54, 1.807) is 36.7 Å². The fraction of sp³-hybridized carbons (Fsp3) is 0.0714. The van der Waals surface area contributed by atoms with E-state index < -0.39 is 11.7 Å². The lowest BCUT2D eigenvalue weighted by atomic mass is 10.1. The molecule has 0 unspecified atom stereocenters. The summed E-state index contributed by atoms with van der Waals surface area (Å²) in [5.41, 5.74) is 0.708. The van der Waals surface area contributed by atoms with Crippen molar-refractivity contribution in [3.63, 3.8) is 0 Å². The molecule has 0 aliphatic heterocycles. The Morgan fingerprint density at radius 2 is 1.67 bits per heavy atom. The molecule has 2 rings (SSSR count). The van der Waals surface area contributed by atoms with E-state index in [4.69, 9.17) is 0 Å². The molecule has 1 aromatic heterocycles. The number of nitrogens with zero attached hydrogens (tertiary/aromatic N) is 1. The van der Waals surface area contributed by atoms with Crippen molar-refractivity contribution in [3.05, 3.63) is 65.5 Å². The lowest BCUT2D eigenvalue weighted by Gasteiger charge is -2.06. The molecule has 0 bridgehead atoms. The Balaban J connectivity index is 2.23. The monoisotopic (exact) mass is 249 g/mol. The predicted octanol–water partition coefficient (Wildman–Crippen LogP) is 4.27. The molecule has 0 amide bonds. The van der Waals surface area contributed by atoms with Gasteiger partial charge in [-0.1, -0.05) is 30.4 Å². The van der Waals surface area contributed by atoms with Crippen LogP contribution in [0.15, 0.2) is 48.8 Å². The summed E-state index contributed by atoms with van der Waals surface area (Å²) >= 11 is 0. The van der Waals surface area contributed by atoms with Gasteiger partial charge in [-0.05, 0) is 29.3 Å². The third kappa shape index (κ3) is 3.20. The molecule has 0 saturated carbocycles. The number of hydrogen-bond donors (Lipinski definition) is 0. The van der Waals surface area contributed by atoms with Gasteiger partial charge in [0, 0.05) is 12.4 Å². The van der Waals surface area contributed by atoms with Gasteiger partial charge in [0.15, 0.2) is 0 Å². The number of hydrogen-bond acceptors (Lipinski definition) is 1. The number of rotatable bonds is 2. The van der Waals surface area contributed by atoms with E-state index in [0.717, 1.165) is 17.7 Å². The Hall–Kier alpha value is -2.10. The molecule has 0 fully saturated rings. The first-order valence-corrected chi connectivity index (χ1v) is 5.31. The zero-order valence-corrected chi connectivity index (χ0v) is 9.35. The van der Waals surface area contributed by atoms with Crippen LogP contribution in [0.4, 0.5) is 13.2 Å². The minimum Gasteiger partial charge on any atom is -0.264 e. The molecule has 1 heterocycles. The average molecular weight is 249 g/mol. The van der Waals surface area contributed by atoms with Crippen LogP contribution in [0.3, 0.4) is 0 Å². The maximum absolute atomic E-state index is 12.5. The summed E-state index contributed by atoms with van der Waals surface area (Å²) in [7, 11) is 0. The molecule has 0 radical (unpaired) electrons. The second-order valence-electron chi connectivity index (χ2n) is 3.74. The maximum Gasteiger partial charge on any atom is 0.416 e. The normalized spacial score (nSPS) is 11.9. The van der Waals surface area contributed by atoms with Crippen LogP contribution in [0.1, 0.15) is 16.7 Å². The molecule has 0 aliphatic rings. The third-order valence-corrected chi connectivity index (χ3v) is 2.37. The molecular weight excluding hydrogens is 239 g/mol. The molecule has 0 atom stereocenters. The highest BCUT2D eigenvalue weighted by Crippen LogP contribution is 2.29. The van der Waals surface area contributed by atoms with Crippen LogP contribution in [-0.4, -0.2) is 4.98 Å². The second kappa shape index (κ2) is 5.04. The lowest BCUT2D eigenvalue weighted by Crippen LogP contribution is -2.04. The van der Waals surface area contributed by atoms with E-state index in [1.807, 2.05) is 6.07 Å². The number of alkyl halides is 3. The van der Waals surface area contributed by atoms with Crippen LogP contribution in [0.2, 0.25) is 0 Å². The molecule has 92 valence electrons. The Bertz CT molecular complexity index is 544. The van der Waals surface area contributed by atoms with Crippen molar-refractivity contribution < 1.29 is 13.2 Å². The summed E-state index contributed by atoms with van der Waals surface area (Å²) < 4.78 is 37.5. The Labute approximate surface area is 103 Å². The van der Waals surface area contributed by atoms with E-state index in [2.05, 4.69) is 4.98 Å². The summed E-state index contributed by atoms with van der Waals surface area (Å²) in [6.07, 6.45) is 2.33. The molecule has 0 aliphatic carbocycles. The maximum atomic E-state index is 12.5. The van der Waals surface area contributed by atoms with Gasteiger partial charge in [-0.25, -0.2) is 0 Å². The first-order chi connectivity index (χ1) is 8.55. The van der Waals surface area contributed by atoms with Crippen molar-refractivity contribution in [1.82, 2.24) is 4.98 Å². The number of halogens is 3. The molecule has 4 heteroatoms. The molecule has 1 nitrogen and oxygen atoms in total. The van der Waals surface area contributed by atoms with Crippen LogP contribution in [0.25, 0.3) is 12.2 Å². The summed E-state index contributed by atoms with van der Waals surface area (Å²) in [6, 6.07) is 8.80. The van der Waals surface area contributed by atoms with Crippen molar-refractivity contribution >= 4 is 12.2 Å². The number of aromatic nitrogens is 1. The zero-order chi connectivity index (χ0) is 13.0. The summed E-state index contributed by atoms with van der Waals surface area (Å²) in [4.78, 5) is 3.92. The van der Waals surface area contributed by atoms with Crippen LogP contribution >= 0.6 is 0 Å². The molecular formula is C14H10F3N. The smallest absolute Gasteiger partial charge is 0.264 e. The van der Waals surface area contributed by atoms with Gasteiger partial charge in [-0.15, -0.1) is 0 Å². The SMILES string of the molecule is FC(F)(F)c1cccc(/C=C/c2cccnc2)c1. The van der Waals surface area contributed by atoms with Crippen LogP contribution in [-0.2, 0) is 6.18 Å². The Morgan fingerprint density at radius 3 is 2.33 bits per heavy atom. The highest BCUT2D eigenvalue weighted by Gasteiger charge is 2.30. The van der Waals surface area contributed by atoms with Gasteiger partial charge < -0.3 is 0 Å². The van der Waals surface area contributed by atoms with Crippen molar-refractivity contribution in [1.29, 1.82) is 0 Å². The molecule has 0 spiro atoms. The summed E-state index contributed by atoms with van der Waals surface area (Å²) in [6.45, 7) is 0. The van der Waals surface area contributed by atoms with Crippen molar-refractivity contribution in [2.24, 2.45) is 0 Å². The van der Waals surface area contributed by atoms with Crippen LogP contribution < -0.4 is 0 Å². The van der Waals surface area contributed by atoms with Gasteiger partial charge in [0.1, 0.15) is 0 Å². The van der Waals surface area contributed by atoms with Crippen molar-refractivity contribution in [3.8, 4) is 0 Å². The first-order valence-electron chi connectivity index (χ1n) is 5.31. The van der Waals surface area contributed by atoms with Crippen molar-refractivity contribution in [2.75, 3.05) is 0 Å². The van der Waals surface area contributed by atoms with Gasteiger partial charge in [0.25, 0.3) is 0 Å². The fourth-order valence-corrected chi connectivity index (χ4v) is 1.49. The molecule has 0 saturated heterocycles. The van der Waals surface area contributed by atoms with E-state index in [-0.39, 0.29) is 0 Å². The fourth-order valence-electron chi connectivity index (χ4n) is 1.49. The lowest BCUT2D eigenvalue weighted by molar-refractivity contribution is -0.137. The van der Waals surface area contributed by atoms with Crippen LogP contribution in [0.5, 0.6) is 0 Å². The number of benzene rings is 1. The topological polar surface area (TPSA) is 12.9 Å². The van der Waals surface area contributed by atoms with Gasteiger partial charge >= 0.3 is 6.18 Å². The highest BCUT2D eigenvalue weighted by atomic mass is 19.4. The minimum atomic E-state index is -4.31. The third-order valence-electron chi connectivity index (χ3n) is 2.37. The first kappa shape index (κ1) is 12.4. The van der Waals surface area contributed by atoms with E-state index in [1.165, 1.54) is 6.07 Å². The minimum absolute atomic E-state index is 0.508. The molecule has 1 aromatic carbocycles. The van der Waals surface area contributed by atoms with E-state index in [0.29, 0.717) is 5.56 Å². The number of pyridine rings is 1. The van der Waals surface area contributed by atoms with Gasteiger partial charge in [-0.2, -0.15) is 13.2 Å². The molecule has 2 aromatic rings. The molecule has 0 N–H and O–H groups in total. The van der Waals surface area contributed by atoms with E-state index >= 15 is 0 Å². The average Bonchev–Trinajstić information content (AvgIpc) is 2.37. The largest absolute Gasteiger partial charge is 0.416 e. The quantitative estimate of drug-likeness (QED) is 0.774. The Morgan fingerprint density at radius 1 is 0.944 bits per heavy atom. The summed E-state index contributed by atoms with van der Waals surface area (Å²) in [5, 5.41) is 0. The van der Waals surface area contributed by atoms with Gasteiger partial charge in [0.2, 0.25) is 0 Å². The van der Waals surface area contributed by atoms with Gasteiger partial charge in [-0.3, -0.25) is 4.98 Å². The van der Waals surface area contributed by atoms with Gasteiger partial charge in [0.05, 0.1) is 5.56 Å². The predicted molar refractivity (Wildman–Crippen MR) is 64.6 cm³/mol. The van der Waals surface area contributed by atoms with Crippen LogP contribution in [0, 0.1) is 0 Å². The second-order valence-corrected chi connectivity index (χ2v) is 3.74. The zero-order valence-electron chi connectivity index (χ0n) is 9.35. The van der Waals surface area contributed by atoms with E-state index in [9.17, 15) is 13.2 Å². The standard InChI is InChI=1S/C14H10F3N/c15-14(16,17)13-5-1-3-11(9-13)6-7-12-4-2-8-18-10-12/h1-10H/b7-6+. The highest BCUT2D eigenvalue weighted by molar-refractivity contribution is 5.69. The molecule has 18 heavy (non-hydrogen) atoms.